The lowest BCUT2D eigenvalue weighted by Gasteiger charge is -2.55. The van der Waals surface area contributed by atoms with Crippen LogP contribution in [0.5, 0.6) is 0 Å². The molecule has 0 amide bonds. The third kappa shape index (κ3) is 1.32. The second-order valence-electron chi connectivity index (χ2n) is 4.18. The van der Waals surface area contributed by atoms with Gasteiger partial charge in [0.2, 0.25) is 0 Å². The van der Waals surface area contributed by atoms with E-state index in [1.165, 1.54) is 3.57 Å². The Kier molecular flexibility index (Phi) is 1.95. The van der Waals surface area contributed by atoms with Crippen molar-refractivity contribution in [3.63, 3.8) is 0 Å². The van der Waals surface area contributed by atoms with E-state index in [4.69, 9.17) is 4.74 Å². The lowest BCUT2D eigenvalue weighted by atomic mass is 9.78. The average Bonchev–Trinajstić information content (AvgIpc) is 2.03. The maximum Gasteiger partial charge on any atom is 0.128 e. The van der Waals surface area contributed by atoms with Crippen molar-refractivity contribution in [3.05, 3.63) is 21.9 Å². The number of hydrogen-bond acceptors (Lipinski definition) is 3. The number of anilines is 1. The molecule has 0 N–H and O–H groups in total. The number of halogens is 1. The first kappa shape index (κ1) is 8.91. The van der Waals surface area contributed by atoms with E-state index in [-0.39, 0.29) is 0 Å². The van der Waals surface area contributed by atoms with Crippen molar-refractivity contribution in [1.29, 1.82) is 0 Å². The third-order valence-corrected chi connectivity index (χ3v) is 3.54. The molecule has 2 aliphatic rings. The maximum atomic E-state index is 5.24. The van der Waals surface area contributed by atoms with Crippen LogP contribution in [0.3, 0.4) is 0 Å². The third-order valence-electron chi connectivity index (χ3n) is 2.90. The highest BCUT2D eigenvalue weighted by molar-refractivity contribution is 14.1. The monoisotopic (exact) mass is 302 g/mol. The van der Waals surface area contributed by atoms with Crippen LogP contribution in [-0.2, 0) is 4.74 Å². The second-order valence-corrected chi connectivity index (χ2v) is 5.43. The minimum absolute atomic E-state index is 0.477. The van der Waals surface area contributed by atoms with E-state index in [0.29, 0.717) is 5.41 Å². The van der Waals surface area contributed by atoms with Gasteiger partial charge in [-0.15, -0.1) is 0 Å². The van der Waals surface area contributed by atoms with Crippen LogP contribution < -0.4 is 4.90 Å². The molecule has 3 heterocycles. The summed E-state index contributed by atoms with van der Waals surface area (Å²) in [6.07, 6.45) is 1.91. The molecule has 3 rings (SSSR count). The first-order valence-electron chi connectivity index (χ1n) is 4.72. The largest absolute Gasteiger partial charge is 0.380 e. The van der Waals surface area contributed by atoms with Gasteiger partial charge in [0.1, 0.15) is 5.82 Å². The summed E-state index contributed by atoms with van der Waals surface area (Å²) in [5.41, 5.74) is 0.477. The van der Waals surface area contributed by atoms with Gasteiger partial charge in [-0.3, -0.25) is 0 Å². The summed E-state index contributed by atoms with van der Waals surface area (Å²) in [5.74, 6) is 1.10. The molecule has 0 saturated carbocycles. The Hall–Kier alpha value is -0.360. The molecule has 4 heteroatoms. The van der Waals surface area contributed by atoms with Gasteiger partial charge in [0, 0.05) is 22.9 Å². The molecule has 14 heavy (non-hydrogen) atoms. The summed E-state index contributed by atoms with van der Waals surface area (Å²) in [5, 5.41) is 0. The smallest absolute Gasteiger partial charge is 0.128 e. The molecule has 0 bridgehead atoms. The molecule has 0 unspecified atom stereocenters. The molecule has 1 aromatic heterocycles. The van der Waals surface area contributed by atoms with E-state index in [1.807, 2.05) is 6.20 Å². The predicted octanol–water partition coefficient (Wildman–Crippen LogP) is 1.52. The Balaban J connectivity index is 1.70. The van der Waals surface area contributed by atoms with Crippen LogP contribution in [0.1, 0.15) is 0 Å². The van der Waals surface area contributed by atoms with Gasteiger partial charge in [-0.2, -0.15) is 0 Å². The number of nitrogens with zero attached hydrogens (tertiary/aromatic N) is 2. The van der Waals surface area contributed by atoms with Gasteiger partial charge in [-0.25, -0.2) is 4.98 Å². The van der Waals surface area contributed by atoms with Crippen LogP contribution >= 0.6 is 22.6 Å². The SMILES string of the molecule is Ic1ccc(N2CC3(COC3)C2)nc1. The van der Waals surface area contributed by atoms with E-state index in [2.05, 4.69) is 44.6 Å². The molecule has 2 saturated heterocycles. The van der Waals surface area contributed by atoms with Gasteiger partial charge in [0.15, 0.2) is 0 Å². The zero-order valence-corrected chi connectivity index (χ0v) is 9.90. The molecule has 2 fully saturated rings. The Morgan fingerprint density at radius 1 is 1.36 bits per heavy atom. The van der Waals surface area contributed by atoms with Crippen molar-refractivity contribution in [2.24, 2.45) is 5.41 Å². The van der Waals surface area contributed by atoms with Crippen LogP contribution in [0.15, 0.2) is 18.3 Å². The second kappa shape index (κ2) is 3.06. The molecule has 3 nitrogen and oxygen atoms in total. The highest BCUT2D eigenvalue weighted by Crippen LogP contribution is 2.39. The van der Waals surface area contributed by atoms with Crippen molar-refractivity contribution in [2.45, 2.75) is 0 Å². The highest BCUT2D eigenvalue weighted by Gasteiger charge is 2.49. The van der Waals surface area contributed by atoms with Gasteiger partial charge >= 0.3 is 0 Å². The van der Waals surface area contributed by atoms with E-state index in [0.717, 1.165) is 32.1 Å². The highest BCUT2D eigenvalue weighted by atomic mass is 127. The zero-order chi connectivity index (χ0) is 9.60. The minimum Gasteiger partial charge on any atom is -0.380 e. The number of aromatic nitrogens is 1. The van der Waals surface area contributed by atoms with E-state index < -0.39 is 0 Å². The zero-order valence-electron chi connectivity index (χ0n) is 7.74. The summed E-state index contributed by atoms with van der Waals surface area (Å²) in [6.45, 7) is 4.10. The van der Waals surface area contributed by atoms with Crippen LogP contribution in [0.4, 0.5) is 5.82 Å². The molecular formula is C10H11IN2O. The molecule has 74 valence electrons. The van der Waals surface area contributed by atoms with Crippen LogP contribution in [0, 0.1) is 8.99 Å². The Labute approximate surface area is 96.6 Å². The first-order chi connectivity index (χ1) is 6.77. The number of pyridine rings is 1. The summed E-state index contributed by atoms with van der Waals surface area (Å²) < 4.78 is 6.42. The molecular weight excluding hydrogens is 291 g/mol. The topological polar surface area (TPSA) is 25.4 Å². The first-order valence-corrected chi connectivity index (χ1v) is 5.80. The van der Waals surface area contributed by atoms with Crippen molar-refractivity contribution in [1.82, 2.24) is 4.98 Å². The number of rotatable bonds is 1. The normalized spacial score (nSPS) is 23.1. The van der Waals surface area contributed by atoms with Crippen molar-refractivity contribution < 1.29 is 4.74 Å². The summed E-state index contributed by atoms with van der Waals surface area (Å²) >= 11 is 2.27. The molecule has 0 radical (unpaired) electrons. The van der Waals surface area contributed by atoms with Gasteiger partial charge in [0.25, 0.3) is 0 Å². The minimum atomic E-state index is 0.477. The lowest BCUT2D eigenvalue weighted by Crippen LogP contribution is -2.66. The Bertz CT molecular complexity index is 340. The fourth-order valence-corrected chi connectivity index (χ4v) is 2.37. The Morgan fingerprint density at radius 2 is 2.14 bits per heavy atom. The van der Waals surface area contributed by atoms with Gasteiger partial charge < -0.3 is 9.64 Å². The number of hydrogen-bond donors (Lipinski definition) is 0. The Morgan fingerprint density at radius 3 is 2.64 bits per heavy atom. The molecule has 1 aromatic rings. The fourth-order valence-electron chi connectivity index (χ4n) is 2.05. The van der Waals surface area contributed by atoms with Crippen molar-refractivity contribution in [2.75, 3.05) is 31.2 Å². The summed E-state index contributed by atoms with van der Waals surface area (Å²) in [7, 11) is 0. The molecule has 0 atom stereocenters. The molecule has 2 aliphatic heterocycles. The van der Waals surface area contributed by atoms with E-state index >= 15 is 0 Å². The molecule has 0 aliphatic carbocycles. The van der Waals surface area contributed by atoms with Crippen molar-refractivity contribution >= 4 is 28.4 Å². The lowest BCUT2D eigenvalue weighted by molar-refractivity contribution is -0.127. The summed E-state index contributed by atoms with van der Waals surface area (Å²) in [4.78, 5) is 6.72. The quantitative estimate of drug-likeness (QED) is 0.736. The van der Waals surface area contributed by atoms with Crippen LogP contribution in [0.25, 0.3) is 0 Å². The van der Waals surface area contributed by atoms with Crippen LogP contribution in [0.2, 0.25) is 0 Å². The predicted molar refractivity (Wildman–Crippen MR) is 62.4 cm³/mol. The molecule has 1 spiro atoms. The maximum absolute atomic E-state index is 5.24. The standard InChI is InChI=1S/C10H11IN2O/c11-8-1-2-9(12-3-8)13-4-10(5-13)6-14-7-10/h1-3H,4-7H2. The average molecular weight is 302 g/mol. The van der Waals surface area contributed by atoms with Crippen LogP contribution in [-0.4, -0.2) is 31.3 Å². The fraction of sp³-hybridized carbons (Fsp3) is 0.500. The van der Waals surface area contributed by atoms with Gasteiger partial charge in [0.05, 0.1) is 18.6 Å². The van der Waals surface area contributed by atoms with Crippen molar-refractivity contribution in [3.8, 4) is 0 Å². The van der Waals surface area contributed by atoms with E-state index in [1.54, 1.807) is 0 Å². The van der Waals surface area contributed by atoms with Gasteiger partial charge in [-0.1, -0.05) is 0 Å². The number of ether oxygens (including phenoxy) is 1. The van der Waals surface area contributed by atoms with E-state index in [9.17, 15) is 0 Å². The molecule has 0 aromatic carbocycles. The van der Waals surface area contributed by atoms with Gasteiger partial charge in [-0.05, 0) is 34.7 Å². The summed E-state index contributed by atoms with van der Waals surface area (Å²) in [6, 6.07) is 4.19.